The summed E-state index contributed by atoms with van der Waals surface area (Å²) in [6.07, 6.45) is 0. The predicted octanol–water partition coefficient (Wildman–Crippen LogP) is 3.08. The average molecular weight is 244 g/mol. The predicted molar refractivity (Wildman–Crippen MR) is 65.2 cm³/mol. The van der Waals surface area contributed by atoms with E-state index in [0.717, 1.165) is 0 Å². The van der Waals surface area contributed by atoms with Crippen LogP contribution in [-0.4, -0.2) is 18.1 Å². The van der Waals surface area contributed by atoms with Gasteiger partial charge in [0.1, 0.15) is 0 Å². The van der Waals surface area contributed by atoms with Gasteiger partial charge in [-0.25, -0.2) is 4.68 Å². The molecule has 0 saturated heterocycles. The smallest absolute Gasteiger partial charge is 0.211 e. The van der Waals surface area contributed by atoms with Crippen LogP contribution in [0.3, 0.4) is 0 Å². The Kier molecular flexibility index (Phi) is 3.59. The number of aromatic nitrogens is 2. The van der Waals surface area contributed by atoms with Gasteiger partial charge in [-0.2, -0.15) is 9.49 Å². The van der Waals surface area contributed by atoms with Crippen LogP contribution < -0.4 is 0 Å². The zero-order valence-electron chi connectivity index (χ0n) is 11.0. The van der Waals surface area contributed by atoms with Gasteiger partial charge in [0.25, 0.3) is 0 Å². The SMILES string of the molecule is Cn1nc(CO[Si](C)(C)C(C)(C)C)cc1F. The Balaban J connectivity index is 2.65. The highest BCUT2D eigenvalue weighted by Crippen LogP contribution is 2.36. The number of hydrogen-bond acceptors (Lipinski definition) is 2. The van der Waals surface area contributed by atoms with Crippen LogP contribution in [0, 0.1) is 5.95 Å². The second-order valence-corrected chi connectivity index (χ2v) is 10.4. The van der Waals surface area contributed by atoms with Crippen molar-refractivity contribution < 1.29 is 8.82 Å². The first-order chi connectivity index (χ1) is 7.13. The molecule has 0 radical (unpaired) electrons. The molecule has 0 unspecified atom stereocenters. The van der Waals surface area contributed by atoms with Gasteiger partial charge in [0, 0.05) is 13.1 Å². The zero-order valence-corrected chi connectivity index (χ0v) is 12.0. The fraction of sp³-hybridized carbons (Fsp3) is 0.727. The average Bonchev–Trinajstić information content (AvgIpc) is 2.41. The Morgan fingerprint density at radius 3 is 2.38 bits per heavy atom. The topological polar surface area (TPSA) is 27.1 Å². The molecule has 1 aromatic rings. The number of halogens is 1. The molecule has 0 aliphatic rings. The van der Waals surface area contributed by atoms with Crippen LogP contribution in [0.2, 0.25) is 18.1 Å². The number of aryl methyl sites for hydroxylation is 1. The third-order valence-electron chi connectivity index (χ3n) is 3.26. The van der Waals surface area contributed by atoms with E-state index in [-0.39, 0.29) is 11.0 Å². The van der Waals surface area contributed by atoms with Gasteiger partial charge < -0.3 is 4.43 Å². The van der Waals surface area contributed by atoms with E-state index in [4.69, 9.17) is 4.43 Å². The molecule has 0 saturated carbocycles. The minimum atomic E-state index is -1.77. The second-order valence-electron chi connectivity index (χ2n) is 5.63. The summed E-state index contributed by atoms with van der Waals surface area (Å²) in [5.74, 6) is -0.325. The number of hydrogen-bond donors (Lipinski definition) is 0. The monoisotopic (exact) mass is 244 g/mol. The lowest BCUT2D eigenvalue weighted by Crippen LogP contribution is -2.40. The van der Waals surface area contributed by atoms with E-state index in [9.17, 15) is 4.39 Å². The third-order valence-corrected chi connectivity index (χ3v) is 7.74. The van der Waals surface area contributed by atoms with E-state index in [1.807, 2.05) is 0 Å². The van der Waals surface area contributed by atoms with Crippen molar-refractivity contribution in [3.05, 3.63) is 17.7 Å². The van der Waals surface area contributed by atoms with Crippen molar-refractivity contribution in [3.63, 3.8) is 0 Å². The van der Waals surface area contributed by atoms with E-state index >= 15 is 0 Å². The molecular formula is C11H21FN2OSi. The summed E-state index contributed by atoms with van der Waals surface area (Å²) in [5.41, 5.74) is 0.657. The number of nitrogens with zero attached hydrogens (tertiary/aromatic N) is 2. The molecule has 0 aliphatic carbocycles. The Bertz CT molecular complexity index is 349. The first kappa shape index (κ1) is 13.4. The standard InChI is InChI=1S/C11H21FN2OSi/c1-11(2,3)16(5,6)15-8-9-7-10(12)14(4)13-9/h7H,8H2,1-6H3. The molecule has 0 aliphatic heterocycles. The van der Waals surface area contributed by atoms with Crippen molar-refractivity contribution in [2.45, 2.75) is 45.5 Å². The summed E-state index contributed by atoms with van der Waals surface area (Å²) in [7, 11) is -0.179. The largest absolute Gasteiger partial charge is 0.411 e. The Hall–Kier alpha value is -0.683. The molecule has 0 bridgehead atoms. The van der Waals surface area contributed by atoms with Crippen molar-refractivity contribution >= 4 is 8.32 Å². The van der Waals surface area contributed by atoms with Gasteiger partial charge in [-0.15, -0.1) is 0 Å². The molecule has 0 amide bonds. The van der Waals surface area contributed by atoms with Crippen LogP contribution in [0.1, 0.15) is 26.5 Å². The van der Waals surface area contributed by atoms with E-state index < -0.39 is 8.32 Å². The third kappa shape index (κ3) is 2.92. The molecule has 0 fully saturated rings. The van der Waals surface area contributed by atoms with Gasteiger partial charge in [-0.1, -0.05) is 20.8 Å². The highest BCUT2D eigenvalue weighted by Gasteiger charge is 2.37. The minimum Gasteiger partial charge on any atom is -0.411 e. The van der Waals surface area contributed by atoms with Crippen molar-refractivity contribution in [3.8, 4) is 0 Å². The summed E-state index contributed by atoms with van der Waals surface area (Å²) in [6.45, 7) is 11.3. The molecule has 1 heterocycles. The maximum atomic E-state index is 13.0. The van der Waals surface area contributed by atoms with E-state index in [1.54, 1.807) is 7.05 Å². The normalized spacial score (nSPS) is 13.2. The quantitative estimate of drug-likeness (QED) is 0.764. The molecular weight excluding hydrogens is 223 g/mol. The highest BCUT2D eigenvalue weighted by atomic mass is 28.4. The first-order valence-corrected chi connectivity index (χ1v) is 8.37. The maximum Gasteiger partial charge on any atom is 0.211 e. The zero-order chi connectivity index (χ0) is 12.6. The molecule has 16 heavy (non-hydrogen) atoms. The molecule has 1 rings (SSSR count). The molecule has 1 aromatic heterocycles. The lowest BCUT2D eigenvalue weighted by Gasteiger charge is -2.35. The van der Waals surface area contributed by atoms with Crippen LogP contribution in [0.15, 0.2) is 6.07 Å². The van der Waals surface area contributed by atoms with Crippen LogP contribution >= 0.6 is 0 Å². The summed E-state index contributed by atoms with van der Waals surface area (Å²) in [4.78, 5) is 0. The fourth-order valence-electron chi connectivity index (χ4n) is 1.04. The van der Waals surface area contributed by atoms with Gasteiger partial charge in [0.05, 0.1) is 12.3 Å². The summed E-state index contributed by atoms with van der Waals surface area (Å²) in [5, 5.41) is 4.20. The summed E-state index contributed by atoms with van der Waals surface area (Å²) in [6, 6.07) is 1.42. The second kappa shape index (κ2) is 4.29. The lowest BCUT2D eigenvalue weighted by molar-refractivity contribution is 0.271. The first-order valence-electron chi connectivity index (χ1n) is 5.46. The minimum absolute atomic E-state index is 0.167. The molecule has 0 N–H and O–H groups in total. The van der Waals surface area contributed by atoms with E-state index in [2.05, 4.69) is 39.0 Å². The van der Waals surface area contributed by atoms with Crippen molar-refractivity contribution in [2.75, 3.05) is 0 Å². The van der Waals surface area contributed by atoms with E-state index in [0.29, 0.717) is 12.3 Å². The Morgan fingerprint density at radius 1 is 1.44 bits per heavy atom. The maximum absolute atomic E-state index is 13.0. The molecule has 0 aromatic carbocycles. The van der Waals surface area contributed by atoms with Crippen molar-refractivity contribution in [2.24, 2.45) is 7.05 Å². The van der Waals surface area contributed by atoms with Gasteiger partial charge >= 0.3 is 0 Å². The fourth-order valence-corrected chi connectivity index (χ4v) is 1.98. The van der Waals surface area contributed by atoms with Gasteiger partial charge in [-0.3, -0.25) is 0 Å². The van der Waals surface area contributed by atoms with Gasteiger partial charge in [0.2, 0.25) is 5.95 Å². The summed E-state index contributed by atoms with van der Waals surface area (Å²) >= 11 is 0. The van der Waals surface area contributed by atoms with Gasteiger partial charge in [0.15, 0.2) is 8.32 Å². The van der Waals surface area contributed by atoms with Crippen LogP contribution in [0.25, 0.3) is 0 Å². The van der Waals surface area contributed by atoms with Crippen molar-refractivity contribution in [1.29, 1.82) is 0 Å². The van der Waals surface area contributed by atoms with Crippen LogP contribution in [-0.2, 0) is 18.1 Å². The molecule has 5 heteroatoms. The lowest BCUT2D eigenvalue weighted by atomic mass is 10.2. The van der Waals surface area contributed by atoms with E-state index in [1.165, 1.54) is 10.7 Å². The summed E-state index contributed by atoms with van der Waals surface area (Å²) < 4.78 is 20.2. The Morgan fingerprint density at radius 2 is 2.00 bits per heavy atom. The molecule has 92 valence electrons. The molecule has 0 atom stereocenters. The Labute approximate surface area is 97.7 Å². The van der Waals surface area contributed by atoms with Crippen LogP contribution in [0.5, 0.6) is 0 Å². The number of rotatable bonds is 3. The molecule has 0 spiro atoms. The highest BCUT2D eigenvalue weighted by molar-refractivity contribution is 6.74. The van der Waals surface area contributed by atoms with Gasteiger partial charge in [-0.05, 0) is 18.1 Å². The van der Waals surface area contributed by atoms with Crippen LogP contribution in [0.4, 0.5) is 4.39 Å². The molecule has 3 nitrogen and oxygen atoms in total. The van der Waals surface area contributed by atoms with Crippen molar-refractivity contribution in [1.82, 2.24) is 9.78 Å².